The lowest BCUT2D eigenvalue weighted by molar-refractivity contribution is 0.139. The predicted octanol–water partition coefficient (Wildman–Crippen LogP) is 3.10. The summed E-state index contributed by atoms with van der Waals surface area (Å²) >= 11 is 6.25. The van der Waals surface area contributed by atoms with Gasteiger partial charge in [-0.05, 0) is 30.4 Å². The third-order valence-electron chi connectivity index (χ3n) is 3.96. The molecule has 5 heteroatoms. The molecule has 0 bridgehead atoms. The first kappa shape index (κ1) is 16.5. The number of hydrogen-bond acceptors (Lipinski definition) is 4. The first-order valence-electron chi connectivity index (χ1n) is 7.72. The van der Waals surface area contributed by atoms with Crippen LogP contribution < -0.4 is 10.2 Å². The first-order valence-corrected chi connectivity index (χ1v) is 8.09. The standard InChI is InChI=1S/C16H26ClN3O/c1-12(2)18-9-14-8-16(19-10-15(14)17)20-6-4-13(5-7-20)11-21-3/h8,10,12-13,18H,4-7,9,11H2,1-3H3. The van der Waals surface area contributed by atoms with E-state index in [2.05, 4.69) is 35.1 Å². The molecule has 1 aromatic heterocycles. The van der Waals surface area contributed by atoms with Crippen LogP contribution in [0, 0.1) is 5.92 Å². The summed E-state index contributed by atoms with van der Waals surface area (Å²) in [4.78, 5) is 6.84. The second kappa shape index (κ2) is 7.97. The molecule has 0 unspecified atom stereocenters. The van der Waals surface area contributed by atoms with Gasteiger partial charge in [0.15, 0.2) is 0 Å². The number of rotatable bonds is 6. The van der Waals surface area contributed by atoms with Gasteiger partial charge in [0.25, 0.3) is 0 Å². The highest BCUT2D eigenvalue weighted by Gasteiger charge is 2.20. The largest absolute Gasteiger partial charge is 0.384 e. The number of nitrogens with zero attached hydrogens (tertiary/aromatic N) is 2. The molecule has 2 rings (SSSR count). The monoisotopic (exact) mass is 311 g/mol. The quantitative estimate of drug-likeness (QED) is 0.876. The van der Waals surface area contributed by atoms with Crippen LogP contribution in [0.3, 0.4) is 0 Å². The van der Waals surface area contributed by atoms with E-state index in [1.54, 1.807) is 13.3 Å². The molecule has 1 aromatic rings. The van der Waals surface area contributed by atoms with E-state index in [0.717, 1.165) is 55.5 Å². The van der Waals surface area contributed by atoms with E-state index < -0.39 is 0 Å². The zero-order valence-electron chi connectivity index (χ0n) is 13.2. The van der Waals surface area contributed by atoms with Crippen LogP contribution in [0.15, 0.2) is 12.3 Å². The van der Waals surface area contributed by atoms with Gasteiger partial charge in [0.05, 0.1) is 5.02 Å². The molecular formula is C16H26ClN3O. The van der Waals surface area contributed by atoms with Crippen molar-refractivity contribution in [3.05, 3.63) is 22.8 Å². The highest BCUT2D eigenvalue weighted by molar-refractivity contribution is 6.31. The number of piperidine rings is 1. The molecule has 1 aliphatic rings. The third kappa shape index (κ3) is 4.83. The zero-order valence-corrected chi connectivity index (χ0v) is 14.0. The first-order chi connectivity index (χ1) is 10.1. The minimum atomic E-state index is 0.447. The summed E-state index contributed by atoms with van der Waals surface area (Å²) in [5, 5.41) is 4.15. The van der Waals surface area contributed by atoms with Gasteiger partial charge < -0.3 is 15.0 Å². The van der Waals surface area contributed by atoms with E-state index in [4.69, 9.17) is 16.3 Å². The predicted molar refractivity (Wildman–Crippen MR) is 88.0 cm³/mol. The molecule has 1 saturated heterocycles. The van der Waals surface area contributed by atoms with Crippen LogP contribution in [0.25, 0.3) is 0 Å². The van der Waals surface area contributed by atoms with Gasteiger partial charge in [-0.2, -0.15) is 0 Å². The fourth-order valence-electron chi connectivity index (χ4n) is 2.65. The lowest BCUT2D eigenvalue weighted by Gasteiger charge is -2.32. The summed E-state index contributed by atoms with van der Waals surface area (Å²) in [6, 6.07) is 2.57. The molecule has 0 atom stereocenters. The minimum Gasteiger partial charge on any atom is -0.384 e. The van der Waals surface area contributed by atoms with Crippen molar-refractivity contribution in [3.8, 4) is 0 Å². The van der Waals surface area contributed by atoms with Crippen molar-refractivity contribution in [3.63, 3.8) is 0 Å². The Hall–Kier alpha value is -0.840. The number of nitrogens with one attached hydrogen (secondary N) is 1. The van der Waals surface area contributed by atoms with E-state index in [9.17, 15) is 0 Å². The number of anilines is 1. The van der Waals surface area contributed by atoms with Crippen LogP contribution in [-0.2, 0) is 11.3 Å². The van der Waals surface area contributed by atoms with Crippen LogP contribution in [0.2, 0.25) is 5.02 Å². The van der Waals surface area contributed by atoms with Gasteiger partial charge in [-0.3, -0.25) is 0 Å². The Balaban J connectivity index is 1.99. The number of halogens is 1. The van der Waals surface area contributed by atoms with E-state index in [0.29, 0.717) is 12.0 Å². The molecule has 1 fully saturated rings. The molecule has 4 nitrogen and oxygen atoms in total. The van der Waals surface area contributed by atoms with Crippen LogP contribution in [0.1, 0.15) is 32.3 Å². The van der Waals surface area contributed by atoms with Crippen LogP contribution in [0.4, 0.5) is 5.82 Å². The third-order valence-corrected chi connectivity index (χ3v) is 4.30. The van der Waals surface area contributed by atoms with Crippen LogP contribution in [-0.4, -0.2) is 37.8 Å². The summed E-state index contributed by atoms with van der Waals surface area (Å²) < 4.78 is 5.25. The van der Waals surface area contributed by atoms with Gasteiger partial charge in [0.2, 0.25) is 0 Å². The molecular weight excluding hydrogens is 286 g/mol. The molecule has 1 N–H and O–H groups in total. The van der Waals surface area contributed by atoms with Gasteiger partial charge >= 0.3 is 0 Å². The van der Waals surface area contributed by atoms with Crippen molar-refractivity contribution in [1.29, 1.82) is 0 Å². The summed E-state index contributed by atoms with van der Waals surface area (Å²) in [7, 11) is 1.78. The highest BCUT2D eigenvalue weighted by atomic mass is 35.5. The number of ether oxygens (including phenoxy) is 1. The highest BCUT2D eigenvalue weighted by Crippen LogP contribution is 2.25. The van der Waals surface area contributed by atoms with Crippen LogP contribution >= 0.6 is 11.6 Å². The maximum Gasteiger partial charge on any atom is 0.128 e. The Labute approximate surface area is 132 Å². The van der Waals surface area contributed by atoms with E-state index in [1.807, 2.05) is 0 Å². The van der Waals surface area contributed by atoms with Crippen molar-refractivity contribution >= 4 is 17.4 Å². The van der Waals surface area contributed by atoms with Crippen LogP contribution in [0.5, 0.6) is 0 Å². The van der Waals surface area contributed by atoms with Gasteiger partial charge in [-0.15, -0.1) is 0 Å². The molecule has 2 heterocycles. The molecule has 0 aromatic carbocycles. The van der Waals surface area contributed by atoms with Gasteiger partial charge in [-0.25, -0.2) is 4.98 Å². The molecule has 118 valence electrons. The van der Waals surface area contributed by atoms with Crippen molar-refractivity contribution in [2.45, 2.75) is 39.3 Å². The number of aromatic nitrogens is 1. The molecule has 0 saturated carbocycles. The average Bonchev–Trinajstić information content (AvgIpc) is 2.47. The number of hydrogen-bond donors (Lipinski definition) is 1. The van der Waals surface area contributed by atoms with Crippen molar-refractivity contribution in [1.82, 2.24) is 10.3 Å². The van der Waals surface area contributed by atoms with Gasteiger partial charge in [-0.1, -0.05) is 25.4 Å². The Morgan fingerprint density at radius 1 is 1.43 bits per heavy atom. The average molecular weight is 312 g/mol. The van der Waals surface area contributed by atoms with Crippen molar-refractivity contribution < 1.29 is 4.74 Å². The lowest BCUT2D eigenvalue weighted by atomic mass is 9.98. The van der Waals surface area contributed by atoms with Gasteiger partial charge in [0.1, 0.15) is 5.82 Å². The Bertz CT molecular complexity index is 445. The summed E-state index contributed by atoms with van der Waals surface area (Å²) in [5.41, 5.74) is 1.12. The maximum absolute atomic E-state index is 6.25. The topological polar surface area (TPSA) is 37.4 Å². The summed E-state index contributed by atoms with van der Waals surface area (Å²) in [6.07, 6.45) is 4.10. The smallest absolute Gasteiger partial charge is 0.128 e. The maximum atomic E-state index is 6.25. The molecule has 0 radical (unpaired) electrons. The number of pyridine rings is 1. The van der Waals surface area contributed by atoms with E-state index >= 15 is 0 Å². The molecule has 0 aliphatic carbocycles. The molecule has 21 heavy (non-hydrogen) atoms. The Kier molecular flexibility index (Phi) is 6.27. The van der Waals surface area contributed by atoms with E-state index in [-0.39, 0.29) is 0 Å². The molecule has 1 aliphatic heterocycles. The summed E-state index contributed by atoms with van der Waals surface area (Å²) in [6.45, 7) is 8.00. The Morgan fingerprint density at radius 2 is 2.14 bits per heavy atom. The normalized spacial score (nSPS) is 16.7. The van der Waals surface area contributed by atoms with E-state index in [1.165, 1.54) is 0 Å². The van der Waals surface area contributed by atoms with Crippen molar-refractivity contribution in [2.24, 2.45) is 5.92 Å². The second-order valence-corrected chi connectivity index (χ2v) is 6.46. The second-order valence-electron chi connectivity index (χ2n) is 6.06. The lowest BCUT2D eigenvalue weighted by Crippen LogP contribution is -2.35. The fourth-order valence-corrected chi connectivity index (χ4v) is 2.82. The SMILES string of the molecule is COCC1CCN(c2cc(CNC(C)C)c(Cl)cn2)CC1. The molecule has 0 spiro atoms. The number of methoxy groups -OCH3 is 1. The van der Waals surface area contributed by atoms with Crippen molar-refractivity contribution in [2.75, 3.05) is 31.7 Å². The van der Waals surface area contributed by atoms with Gasteiger partial charge in [0, 0.05) is 45.6 Å². The molecule has 0 amide bonds. The minimum absolute atomic E-state index is 0.447. The summed E-state index contributed by atoms with van der Waals surface area (Å²) in [5.74, 6) is 1.72. The Morgan fingerprint density at radius 3 is 2.76 bits per heavy atom. The zero-order chi connectivity index (χ0) is 15.2. The fraction of sp³-hybridized carbons (Fsp3) is 0.688.